The molecule has 0 atom stereocenters. The number of benzene rings is 1. The average molecular weight is 462 g/mol. The van der Waals surface area contributed by atoms with Crippen LogP contribution in [0, 0.1) is 6.92 Å². The third-order valence-electron chi connectivity index (χ3n) is 5.17. The van der Waals surface area contributed by atoms with E-state index >= 15 is 0 Å². The molecule has 1 aromatic carbocycles. The molecule has 2 aromatic heterocycles. The maximum atomic E-state index is 13.1. The summed E-state index contributed by atoms with van der Waals surface area (Å²) in [6.07, 6.45) is -1.44. The first-order valence-electron chi connectivity index (χ1n) is 10.5. The van der Waals surface area contributed by atoms with Gasteiger partial charge in [-0.25, -0.2) is 4.68 Å². The van der Waals surface area contributed by atoms with E-state index < -0.39 is 28.8 Å². The van der Waals surface area contributed by atoms with Gasteiger partial charge in [0.2, 0.25) is 5.43 Å². The Morgan fingerprint density at radius 2 is 1.91 bits per heavy atom. The van der Waals surface area contributed by atoms with Crippen LogP contribution >= 0.6 is 0 Å². The Morgan fingerprint density at radius 1 is 1.18 bits per heavy atom. The maximum Gasteiger partial charge on any atom is 0.416 e. The van der Waals surface area contributed by atoms with Crippen molar-refractivity contribution in [2.75, 3.05) is 25.0 Å². The summed E-state index contributed by atoms with van der Waals surface area (Å²) in [6, 6.07) is 5.67. The molecule has 0 aliphatic carbocycles. The molecule has 8 nitrogen and oxygen atoms in total. The predicted octanol–water partition coefficient (Wildman–Crippen LogP) is 3.35. The molecular formula is C22H25F3N6O2. The molecular weight excluding hydrogens is 437 g/mol. The molecule has 176 valence electrons. The van der Waals surface area contributed by atoms with Crippen molar-refractivity contribution in [3.05, 3.63) is 69.9 Å². The summed E-state index contributed by atoms with van der Waals surface area (Å²) >= 11 is 0. The van der Waals surface area contributed by atoms with Gasteiger partial charge in [-0.1, -0.05) is 19.9 Å². The summed E-state index contributed by atoms with van der Waals surface area (Å²) < 4.78 is 42.1. The van der Waals surface area contributed by atoms with Crippen molar-refractivity contribution in [3.63, 3.8) is 0 Å². The van der Waals surface area contributed by atoms with Gasteiger partial charge in [-0.2, -0.15) is 23.4 Å². The number of hydrogen-bond acceptors (Lipinski definition) is 5. The van der Waals surface area contributed by atoms with Gasteiger partial charge in [0.1, 0.15) is 0 Å². The molecule has 0 saturated carbocycles. The van der Waals surface area contributed by atoms with Gasteiger partial charge in [0, 0.05) is 24.5 Å². The van der Waals surface area contributed by atoms with Gasteiger partial charge in [0.05, 0.1) is 29.7 Å². The van der Waals surface area contributed by atoms with E-state index in [-0.39, 0.29) is 5.69 Å². The maximum absolute atomic E-state index is 13.1. The number of aromatic nitrogens is 4. The van der Waals surface area contributed by atoms with Crippen molar-refractivity contribution in [3.8, 4) is 5.69 Å². The van der Waals surface area contributed by atoms with Crippen molar-refractivity contribution in [1.82, 2.24) is 24.5 Å². The minimum Gasteiger partial charge on any atom is -0.318 e. The van der Waals surface area contributed by atoms with Gasteiger partial charge < -0.3 is 10.2 Å². The van der Waals surface area contributed by atoms with Crippen LogP contribution in [0.2, 0.25) is 0 Å². The van der Waals surface area contributed by atoms with Gasteiger partial charge in [-0.05, 0) is 38.2 Å². The number of halogens is 3. The molecule has 0 spiro atoms. The van der Waals surface area contributed by atoms with Crippen LogP contribution in [0.25, 0.3) is 5.69 Å². The standard InChI is InChI=1S/C22H25F3N6O2/c1-4-29(5-2)9-10-30-14-17(13-26-30)27-21(33)20-19(32)11-15(3)31(28-20)18-8-6-7-16(12-18)22(23,24)25/h6-8,11-14H,4-5,9-10H2,1-3H3,(H,27,33). The van der Waals surface area contributed by atoms with Crippen molar-refractivity contribution < 1.29 is 18.0 Å². The number of rotatable bonds is 8. The summed E-state index contributed by atoms with van der Waals surface area (Å²) in [5, 5.41) is 10.8. The Balaban J connectivity index is 1.82. The minimum absolute atomic E-state index is 0.0839. The first kappa shape index (κ1) is 24.2. The Bertz CT molecular complexity index is 1180. The van der Waals surface area contributed by atoms with Gasteiger partial charge >= 0.3 is 6.18 Å². The fourth-order valence-corrected chi connectivity index (χ4v) is 3.30. The highest BCUT2D eigenvalue weighted by Crippen LogP contribution is 2.30. The molecule has 0 aliphatic rings. The van der Waals surface area contributed by atoms with E-state index in [1.165, 1.54) is 25.3 Å². The van der Waals surface area contributed by atoms with Gasteiger partial charge in [0.25, 0.3) is 5.91 Å². The van der Waals surface area contributed by atoms with E-state index in [0.717, 1.165) is 42.5 Å². The van der Waals surface area contributed by atoms with Crippen molar-refractivity contribution >= 4 is 11.6 Å². The van der Waals surface area contributed by atoms with Crippen LogP contribution < -0.4 is 10.7 Å². The summed E-state index contributed by atoms with van der Waals surface area (Å²) in [5.74, 6) is -0.774. The summed E-state index contributed by atoms with van der Waals surface area (Å²) in [7, 11) is 0. The molecule has 3 rings (SSSR count). The number of nitrogens with one attached hydrogen (secondary N) is 1. The number of aryl methyl sites for hydroxylation is 1. The number of nitrogens with zero attached hydrogens (tertiary/aromatic N) is 5. The summed E-state index contributed by atoms with van der Waals surface area (Å²) in [6.45, 7) is 8.91. The normalized spacial score (nSPS) is 11.7. The van der Waals surface area contributed by atoms with E-state index in [2.05, 4.69) is 34.3 Å². The minimum atomic E-state index is -4.53. The lowest BCUT2D eigenvalue weighted by Crippen LogP contribution is -2.27. The molecule has 0 unspecified atom stereocenters. The fourth-order valence-electron chi connectivity index (χ4n) is 3.30. The van der Waals surface area contributed by atoms with E-state index in [1.54, 1.807) is 10.9 Å². The first-order chi connectivity index (χ1) is 15.6. The number of anilines is 1. The molecule has 2 heterocycles. The molecule has 11 heteroatoms. The van der Waals surface area contributed by atoms with Crippen LogP contribution in [-0.2, 0) is 12.7 Å². The zero-order valence-electron chi connectivity index (χ0n) is 18.6. The first-order valence-corrected chi connectivity index (χ1v) is 10.5. The Hall–Kier alpha value is -3.47. The lowest BCUT2D eigenvalue weighted by molar-refractivity contribution is -0.137. The second-order valence-electron chi connectivity index (χ2n) is 7.43. The highest BCUT2D eigenvalue weighted by molar-refractivity contribution is 6.02. The summed E-state index contributed by atoms with van der Waals surface area (Å²) in [5.41, 5.74) is -1.17. The van der Waals surface area contributed by atoms with Crippen LogP contribution in [0.4, 0.5) is 18.9 Å². The largest absolute Gasteiger partial charge is 0.416 e. The van der Waals surface area contributed by atoms with E-state index in [0.29, 0.717) is 17.9 Å². The molecule has 0 radical (unpaired) electrons. The quantitative estimate of drug-likeness (QED) is 0.555. The topological polar surface area (TPSA) is 85.0 Å². The molecule has 33 heavy (non-hydrogen) atoms. The van der Waals surface area contributed by atoms with Crippen LogP contribution in [0.3, 0.4) is 0 Å². The lowest BCUT2D eigenvalue weighted by Gasteiger charge is -2.17. The van der Waals surface area contributed by atoms with Crippen LogP contribution in [-0.4, -0.2) is 50.0 Å². The zero-order valence-corrected chi connectivity index (χ0v) is 18.6. The average Bonchev–Trinajstić information content (AvgIpc) is 3.21. The van der Waals surface area contributed by atoms with Gasteiger partial charge in [-0.3, -0.25) is 14.3 Å². The highest BCUT2D eigenvalue weighted by atomic mass is 19.4. The second kappa shape index (κ2) is 9.99. The third-order valence-corrected chi connectivity index (χ3v) is 5.17. The van der Waals surface area contributed by atoms with Crippen LogP contribution in [0.1, 0.15) is 35.6 Å². The SMILES string of the molecule is CCN(CC)CCn1cc(NC(=O)c2nn(-c3cccc(C(F)(F)F)c3)c(C)cc2=O)cn1. The predicted molar refractivity (Wildman–Crippen MR) is 118 cm³/mol. The van der Waals surface area contributed by atoms with Gasteiger partial charge in [0.15, 0.2) is 5.69 Å². The number of carbonyl (C=O) groups excluding carboxylic acids is 1. The molecule has 1 N–H and O–H groups in total. The smallest absolute Gasteiger partial charge is 0.318 e. The number of alkyl halides is 3. The fraction of sp³-hybridized carbons (Fsp3) is 0.364. The van der Waals surface area contributed by atoms with E-state index in [9.17, 15) is 22.8 Å². The Kier molecular flexibility index (Phi) is 7.32. The molecule has 0 saturated heterocycles. The highest BCUT2D eigenvalue weighted by Gasteiger charge is 2.30. The summed E-state index contributed by atoms with van der Waals surface area (Å²) in [4.78, 5) is 27.3. The molecule has 0 bridgehead atoms. The van der Waals surface area contributed by atoms with E-state index in [1.807, 2.05) is 0 Å². The van der Waals surface area contributed by atoms with Crippen molar-refractivity contribution in [1.29, 1.82) is 0 Å². The zero-order chi connectivity index (χ0) is 24.2. The van der Waals surface area contributed by atoms with Crippen LogP contribution in [0.5, 0.6) is 0 Å². The molecule has 0 fully saturated rings. The number of carbonyl (C=O) groups is 1. The number of hydrogen-bond donors (Lipinski definition) is 1. The third kappa shape index (κ3) is 5.86. The van der Waals surface area contributed by atoms with Crippen LogP contribution in [0.15, 0.2) is 47.5 Å². The monoisotopic (exact) mass is 462 g/mol. The Morgan fingerprint density at radius 3 is 2.58 bits per heavy atom. The molecule has 1 amide bonds. The second-order valence-corrected chi connectivity index (χ2v) is 7.43. The number of likely N-dealkylation sites (N-methyl/N-ethyl adjacent to an activating group) is 1. The molecule has 0 aliphatic heterocycles. The van der Waals surface area contributed by atoms with Gasteiger partial charge in [-0.15, -0.1) is 0 Å². The van der Waals surface area contributed by atoms with Crippen molar-refractivity contribution in [2.45, 2.75) is 33.5 Å². The lowest BCUT2D eigenvalue weighted by atomic mass is 10.2. The van der Waals surface area contributed by atoms with Crippen molar-refractivity contribution in [2.24, 2.45) is 0 Å². The Labute approximate surface area is 188 Å². The molecule has 3 aromatic rings. The van der Waals surface area contributed by atoms with E-state index in [4.69, 9.17) is 0 Å². The number of amides is 1.